The number of hydrogen-bond acceptors (Lipinski definition) is 5. The van der Waals surface area contributed by atoms with E-state index in [2.05, 4.69) is 4.99 Å². The van der Waals surface area contributed by atoms with E-state index in [1.807, 2.05) is 12.9 Å². The molecule has 0 spiro atoms. The molecule has 0 saturated carbocycles. The van der Waals surface area contributed by atoms with Crippen LogP contribution in [-0.4, -0.2) is 38.0 Å². The largest absolute Gasteiger partial charge is 0.278 e. The average molecular weight is 187 g/mol. The molecule has 0 fully saturated rings. The van der Waals surface area contributed by atoms with E-state index in [-0.39, 0.29) is 6.04 Å². The molecule has 0 radical (unpaired) electrons. The van der Waals surface area contributed by atoms with Gasteiger partial charge in [0.05, 0.1) is 32.8 Å². The molecule has 5 heteroatoms. The van der Waals surface area contributed by atoms with Crippen LogP contribution < -0.4 is 0 Å². The van der Waals surface area contributed by atoms with E-state index in [4.69, 9.17) is 15.1 Å². The summed E-state index contributed by atoms with van der Waals surface area (Å²) in [6.07, 6.45) is 1.81. The molecule has 5 nitrogen and oxygen atoms in total. The highest BCUT2D eigenvalue weighted by Gasteiger charge is 2.03. The first-order valence-electron chi connectivity index (χ1n) is 4.22. The van der Waals surface area contributed by atoms with Crippen molar-refractivity contribution in [3.05, 3.63) is 0 Å². The van der Waals surface area contributed by atoms with Gasteiger partial charge in [0, 0.05) is 0 Å². The van der Waals surface area contributed by atoms with E-state index in [1.54, 1.807) is 14.2 Å². The van der Waals surface area contributed by atoms with E-state index in [1.165, 1.54) is 5.23 Å². The van der Waals surface area contributed by atoms with Crippen LogP contribution in [0.1, 0.15) is 19.8 Å². The van der Waals surface area contributed by atoms with Gasteiger partial charge in [-0.25, -0.2) is 10.4 Å². The van der Waals surface area contributed by atoms with E-state index < -0.39 is 0 Å². The Morgan fingerprint density at radius 3 is 2.54 bits per heavy atom. The lowest BCUT2D eigenvalue weighted by Crippen LogP contribution is -2.22. The van der Waals surface area contributed by atoms with Crippen molar-refractivity contribution in [2.45, 2.75) is 25.8 Å². The Bertz CT molecular complexity index is 165. The summed E-state index contributed by atoms with van der Waals surface area (Å²) >= 11 is 0. The lowest BCUT2D eigenvalue weighted by molar-refractivity contribution is -0.342. The Kier molecular flexibility index (Phi) is 7.44. The highest BCUT2D eigenvalue weighted by atomic mass is 16.9. The minimum absolute atomic E-state index is 0.146. The highest BCUT2D eigenvalue weighted by Crippen LogP contribution is 2.02. The fraction of sp³-hybridized carbons (Fsp3) is 0.875. The smallest absolute Gasteiger partial charge is 0.0864 e. The van der Waals surface area contributed by atoms with Crippen LogP contribution in [0.4, 0.5) is 0 Å². The van der Waals surface area contributed by atoms with Gasteiger partial charge in [-0.1, -0.05) is 5.23 Å². The molecule has 0 aromatic heterocycles. The van der Waals surface area contributed by atoms with E-state index in [0.717, 1.165) is 12.8 Å². The van der Waals surface area contributed by atoms with Crippen LogP contribution in [-0.2, 0) is 9.68 Å². The first kappa shape index (κ1) is 12.3. The van der Waals surface area contributed by atoms with Gasteiger partial charge in [-0.05, 0) is 19.8 Å². The molecule has 76 valence electrons. The second-order valence-corrected chi connectivity index (χ2v) is 2.65. The van der Waals surface area contributed by atoms with Crippen LogP contribution in [0, 0.1) is 5.41 Å². The molecule has 1 unspecified atom stereocenters. The van der Waals surface area contributed by atoms with Crippen LogP contribution in [0.3, 0.4) is 0 Å². The molecule has 0 aliphatic carbocycles. The molecule has 0 rings (SSSR count). The van der Waals surface area contributed by atoms with Gasteiger partial charge in [-0.2, -0.15) is 0 Å². The van der Waals surface area contributed by atoms with Crippen molar-refractivity contribution >= 4 is 6.01 Å². The van der Waals surface area contributed by atoms with E-state index in [0.29, 0.717) is 6.54 Å². The van der Waals surface area contributed by atoms with Gasteiger partial charge < -0.3 is 0 Å². The third-order valence-corrected chi connectivity index (χ3v) is 1.65. The molecule has 0 amide bonds. The topological polar surface area (TPSA) is 57.9 Å². The Morgan fingerprint density at radius 2 is 2.08 bits per heavy atom. The quantitative estimate of drug-likeness (QED) is 0.483. The average Bonchev–Trinajstić information content (AvgIpc) is 2.13. The molecule has 13 heavy (non-hydrogen) atoms. The molecule has 0 saturated heterocycles. The summed E-state index contributed by atoms with van der Waals surface area (Å²) < 4.78 is 0. The fourth-order valence-electron chi connectivity index (χ4n) is 0.948. The van der Waals surface area contributed by atoms with Crippen molar-refractivity contribution in [2.75, 3.05) is 20.8 Å². The standard InChI is InChI=1S/C8H17N3O2/c1-8(10-7-9)5-4-6-11(12-2)13-3/h8-9H,4-6H2,1-3H3. The third kappa shape index (κ3) is 6.42. The second kappa shape index (κ2) is 7.89. The van der Waals surface area contributed by atoms with Crippen molar-refractivity contribution in [1.82, 2.24) is 5.23 Å². The van der Waals surface area contributed by atoms with Crippen LogP contribution >= 0.6 is 0 Å². The molecular formula is C8H17N3O2. The number of nitrogens with one attached hydrogen (secondary N) is 1. The minimum atomic E-state index is 0.146. The van der Waals surface area contributed by atoms with Crippen molar-refractivity contribution in [3.63, 3.8) is 0 Å². The van der Waals surface area contributed by atoms with E-state index >= 15 is 0 Å². The summed E-state index contributed by atoms with van der Waals surface area (Å²) in [4.78, 5) is 13.5. The SMILES string of the molecule is CON(CCCC(C)N=C=N)OC. The van der Waals surface area contributed by atoms with Crippen molar-refractivity contribution in [2.24, 2.45) is 4.99 Å². The molecule has 0 aliphatic rings. The zero-order valence-electron chi connectivity index (χ0n) is 8.41. The number of rotatable bonds is 7. The fourth-order valence-corrected chi connectivity index (χ4v) is 0.948. The van der Waals surface area contributed by atoms with Crippen LogP contribution in [0.25, 0.3) is 0 Å². The van der Waals surface area contributed by atoms with Gasteiger partial charge in [-0.3, -0.25) is 9.68 Å². The van der Waals surface area contributed by atoms with Gasteiger partial charge in [0.1, 0.15) is 0 Å². The maximum atomic E-state index is 6.65. The van der Waals surface area contributed by atoms with Gasteiger partial charge in [0.2, 0.25) is 0 Å². The third-order valence-electron chi connectivity index (χ3n) is 1.65. The molecule has 1 atom stereocenters. The highest BCUT2D eigenvalue weighted by molar-refractivity contribution is 5.36. The number of hydroxylamine groups is 2. The molecule has 0 aromatic rings. The van der Waals surface area contributed by atoms with Gasteiger partial charge >= 0.3 is 0 Å². The Balaban J connectivity index is 3.48. The molecular weight excluding hydrogens is 170 g/mol. The number of nitrogens with zero attached hydrogens (tertiary/aromatic N) is 2. The van der Waals surface area contributed by atoms with Gasteiger partial charge in [0.25, 0.3) is 0 Å². The number of hydrogen-bond donors (Lipinski definition) is 1. The summed E-state index contributed by atoms with van der Waals surface area (Å²) in [5, 5.41) is 8.05. The maximum absolute atomic E-state index is 6.65. The van der Waals surface area contributed by atoms with Crippen molar-refractivity contribution in [1.29, 1.82) is 5.41 Å². The summed E-state index contributed by atoms with van der Waals surface area (Å²) in [6, 6.07) is 2.18. The lowest BCUT2D eigenvalue weighted by Gasteiger charge is -2.16. The predicted molar refractivity (Wildman–Crippen MR) is 49.6 cm³/mol. The Hall–Kier alpha value is -0.740. The predicted octanol–water partition coefficient (Wildman–Crippen LogP) is 1.33. The maximum Gasteiger partial charge on any atom is 0.0864 e. The molecule has 0 aliphatic heterocycles. The first-order valence-corrected chi connectivity index (χ1v) is 4.22. The summed E-state index contributed by atoms with van der Waals surface area (Å²) in [7, 11) is 3.12. The normalized spacial score (nSPS) is 12.6. The summed E-state index contributed by atoms with van der Waals surface area (Å²) in [5.74, 6) is 0. The summed E-state index contributed by atoms with van der Waals surface area (Å²) in [5.41, 5.74) is 0. The van der Waals surface area contributed by atoms with Crippen molar-refractivity contribution in [3.8, 4) is 0 Å². The van der Waals surface area contributed by atoms with Crippen LogP contribution in [0.2, 0.25) is 0 Å². The minimum Gasteiger partial charge on any atom is -0.278 e. The molecule has 1 N–H and O–H groups in total. The molecule has 0 heterocycles. The monoisotopic (exact) mass is 187 g/mol. The van der Waals surface area contributed by atoms with E-state index in [9.17, 15) is 0 Å². The zero-order valence-corrected chi connectivity index (χ0v) is 8.41. The molecule has 0 aromatic carbocycles. The molecule has 0 bridgehead atoms. The lowest BCUT2D eigenvalue weighted by atomic mass is 10.2. The van der Waals surface area contributed by atoms with Crippen LogP contribution in [0.15, 0.2) is 4.99 Å². The summed E-state index contributed by atoms with van der Waals surface area (Å²) in [6.45, 7) is 2.65. The first-order chi connectivity index (χ1) is 6.24. The van der Waals surface area contributed by atoms with Crippen LogP contribution in [0.5, 0.6) is 0 Å². The van der Waals surface area contributed by atoms with Gasteiger partial charge in [-0.15, -0.1) is 0 Å². The van der Waals surface area contributed by atoms with Crippen molar-refractivity contribution < 1.29 is 9.68 Å². The zero-order chi connectivity index (χ0) is 10.1. The Labute approximate surface area is 78.8 Å². The Morgan fingerprint density at radius 1 is 1.46 bits per heavy atom. The van der Waals surface area contributed by atoms with Gasteiger partial charge in [0.15, 0.2) is 0 Å². The number of aliphatic imine (C=N–C) groups is 1. The second-order valence-electron chi connectivity index (χ2n) is 2.65.